The van der Waals surface area contributed by atoms with Crippen molar-refractivity contribution in [3.8, 4) is 0 Å². The molecule has 0 bridgehead atoms. The lowest BCUT2D eigenvalue weighted by Gasteiger charge is -2.25. The number of carbonyl (C=O) groups excluding carboxylic acids is 1. The number of unbranched alkanes of at least 4 members (excludes halogenated alkanes) is 11. The number of amides is 1. The van der Waals surface area contributed by atoms with Crippen LogP contribution in [0.25, 0.3) is 0 Å². The Labute approximate surface area is 309 Å². The van der Waals surface area contributed by atoms with Crippen molar-refractivity contribution >= 4 is 13.7 Å². The zero-order chi connectivity index (χ0) is 38.1. The number of aliphatic hydroxyl groups is 4. The fourth-order valence-electron chi connectivity index (χ4n) is 6.18. The van der Waals surface area contributed by atoms with Crippen molar-refractivity contribution in [2.24, 2.45) is 11.8 Å². The Morgan fingerprint density at radius 1 is 0.863 bits per heavy atom. The number of nitrogens with zero attached hydrogens (tertiary/aromatic N) is 1. The SMILES string of the molecule is CCCCCCCCCCC/C=C/[C@@H](O)[C@H](COP(=O)(O)OCC[N+](C)(C)C)NC(=O)C/C=C\C[C@H]1[C@@H](/C=C/[C@H](O)CCCCC)[C@H](O)C[C@@H]1O. The number of phosphoric acid groups is 1. The normalized spacial score (nSPS) is 22.9. The molecule has 12 heteroatoms. The Morgan fingerprint density at radius 3 is 2.14 bits per heavy atom. The molecule has 11 nitrogen and oxygen atoms in total. The number of hydrogen-bond donors (Lipinski definition) is 6. The van der Waals surface area contributed by atoms with Gasteiger partial charge in [0.25, 0.3) is 0 Å². The highest BCUT2D eigenvalue weighted by molar-refractivity contribution is 7.47. The average molecular weight is 746 g/mol. The second-order valence-electron chi connectivity index (χ2n) is 15.3. The summed E-state index contributed by atoms with van der Waals surface area (Å²) in [5.74, 6) is -0.978. The molecule has 6 N–H and O–H groups in total. The molecule has 1 saturated carbocycles. The first kappa shape index (κ1) is 47.6. The predicted octanol–water partition coefficient (Wildman–Crippen LogP) is 6.34. The minimum absolute atomic E-state index is 0.00318. The first-order valence-corrected chi connectivity index (χ1v) is 21.1. The van der Waals surface area contributed by atoms with Gasteiger partial charge in [-0.15, -0.1) is 0 Å². The molecule has 1 rings (SSSR count). The predicted molar refractivity (Wildman–Crippen MR) is 205 cm³/mol. The molecule has 8 atom stereocenters. The fourth-order valence-corrected chi connectivity index (χ4v) is 6.92. The summed E-state index contributed by atoms with van der Waals surface area (Å²) in [6, 6.07) is -0.988. The molecular formula is C39H74N2O9P+. The first-order chi connectivity index (χ1) is 24.2. The van der Waals surface area contributed by atoms with Gasteiger partial charge in [-0.1, -0.05) is 121 Å². The van der Waals surface area contributed by atoms with Crippen LogP contribution in [0.2, 0.25) is 0 Å². The van der Waals surface area contributed by atoms with Crippen molar-refractivity contribution in [3.05, 3.63) is 36.5 Å². The lowest BCUT2D eigenvalue weighted by atomic mass is 9.89. The quantitative estimate of drug-likeness (QED) is 0.0213. The van der Waals surface area contributed by atoms with Gasteiger partial charge in [0, 0.05) is 18.8 Å². The minimum atomic E-state index is -4.42. The van der Waals surface area contributed by atoms with Crippen molar-refractivity contribution in [1.29, 1.82) is 0 Å². The van der Waals surface area contributed by atoms with Crippen LogP contribution in [0.5, 0.6) is 0 Å². The summed E-state index contributed by atoms with van der Waals surface area (Å²) in [5.41, 5.74) is 0. The highest BCUT2D eigenvalue weighted by atomic mass is 31.2. The molecule has 1 amide bonds. The highest BCUT2D eigenvalue weighted by Crippen LogP contribution is 2.43. The lowest BCUT2D eigenvalue weighted by molar-refractivity contribution is -0.870. The average Bonchev–Trinajstić information content (AvgIpc) is 3.33. The smallest absolute Gasteiger partial charge is 0.393 e. The van der Waals surface area contributed by atoms with Gasteiger partial charge in [0.05, 0.1) is 58.2 Å². The van der Waals surface area contributed by atoms with Crippen LogP contribution in [0.3, 0.4) is 0 Å². The van der Waals surface area contributed by atoms with Crippen LogP contribution in [0, 0.1) is 11.8 Å². The Hall–Kier alpha value is -1.40. The molecule has 298 valence electrons. The first-order valence-electron chi connectivity index (χ1n) is 19.6. The summed E-state index contributed by atoms with van der Waals surface area (Å²) in [7, 11) is 1.37. The molecule has 0 aromatic rings. The third kappa shape index (κ3) is 23.8. The zero-order valence-corrected chi connectivity index (χ0v) is 33.3. The van der Waals surface area contributed by atoms with Crippen molar-refractivity contribution in [3.63, 3.8) is 0 Å². The summed E-state index contributed by atoms with van der Waals surface area (Å²) < 4.78 is 23.4. The number of aliphatic hydroxyl groups excluding tert-OH is 4. The van der Waals surface area contributed by atoms with Gasteiger partial charge in [0.2, 0.25) is 5.91 Å². The summed E-state index contributed by atoms with van der Waals surface area (Å²) in [6.45, 7) is 4.39. The molecule has 0 aromatic carbocycles. The third-order valence-electron chi connectivity index (χ3n) is 9.45. The van der Waals surface area contributed by atoms with Gasteiger partial charge in [0.1, 0.15) is 13.2 Å². The monoisotopic (exact) mass is 746 g/mol. The Morgan fingerprint density at radius 2 is 1.49 bits per heavy atom. The van der Waals surface area contributed by atoms with E-state index in [0.717, 1.165) is 38.5 Å². The zero-order valence-electron chi connectivity index (χ0n) is 32.4. The maximum atomic E-state index is 12.9. The molecule has 1 aliphatic rings. The van der Waals surface area contributed by atoms with Crippen LogP contribution in [0.1, 0.15) is 123 Å². The molecular weight excluding hydrogens is 671 g/mol. The van der Waals surface area contributed by atoms with Crippen LogP contribution in [-0.4, -0.2) is 107 Å². The van der Waals surface area contributed by atoms with E-state index in [1.54, 1.807) is 24.3 Å². The van der Waals surface area contributed by atoms with Crippen LogP contribution in [0.4, 0.5) is 0 Å². The van der Waals surface area contributed by atoms with Crippen LogP contribution >= 0.6 is 7.82 Å². The van der Waals surface area contributed by atoms with Crippen molar-refractivity contribution in [2.45, 2.75) is 153 Å². The molecule has 0 saturated heterocycles. The van der Waals surface area contributed by atoms with E-state index in [4.69, 9.17) is 9.05 Å². The number of carbonyl (C=O) groups is 1. The van der Waals surface area contributed by atoms with Crippen LogP contribution in [-0.2, 0) is 18.4 Å². The number of nitrogens with one attached hydrogen (secondary N) is 1. The van der Waals surface area contributed by atoms with E-state index in [1.807, 2.05) is 33.3 Å². The molecule has 0 aromatic heterocycles. The van der Waals surface area contributed by atoms with Crippen molar-refractivity contribution < 1.29 is 48.2 Å². The van der Waals surface area contributed by atoms with E-state index in [0.29, 0.717) is 23.9 Å². The van der Waals surface area contributed by atoms with E-state index in [9.17, 15) is 34.7 Å². The van der Waals surface area contributed by atoms with Gasteiger partial charge in [-0.2, -0.15) is 0 Å². The molecule has 1 aliphatic carbocycles. The molecule has 0 radical (unpaired) electrons. The summed E-state index contributed by atoms with van der Waals surface area (Å²) in [6.07, 6.45) is 23.4. The number of phosphoric ester groups is 1. The van der Waals surface area contributed by atoms with E-state index in [2.05, 4.69) is 19.2 Å². The second kappa shape index (κ2) is 27.2. The molecule has 0 aliphatic heterocycles. The van der Waals surface area contributed by atoms with Gasteiger partial charge in [0.15, 0.2) is 0 Å². The lowest BCUT2D eigenvalue weighted by Crippen LogP contribution is -2.45. The third-order valence-corrected chi connectivity index (χ3v) is 10.4. The fraction of sp³-hybridized carbons (Fsp3) is 0.821. The van der Waals surface area contributed by atoms with Gasteiger partial charge in [-0.05, 0) is 31.6 Å². The number of allylic oxidation sites excluding steroid dienone is 2. The van der Waals surface area contributed by atoms with E-state index in [1.165, 1.54) is 44.9 Å². The Balaban J connectivity index is 2.73. The van der Waals surface area contributed by atoms with Crippen molar-refractivity contribution in [2.75, 3.05) is 40.9 Å². The number of quaternary nitrogens is 1. The number of hydrogen-bond acceptors (Lipinski definition) is 8. The standard InChI is InChI=1S/C39H73N2O9P/c1-6-8-10-11-12-13-14-15-16-17-19-24-36(43)35(31-50-51(47,48)49-29-28-41(3,4)5)40-39(46)25-21-20-23-33-34(38(45)30-37(33)44)27-26-32(42)22-18-9-7-2/h19-21,24,26-27,32-38,42-45H,6-18,22-23,25,28-31H2,1-5H3,(H-,40,46,47,48)/p+1/b21-20-,24-19+,27-26+/t32-,33+,34-,35+,36-,37+,38-/m1/s1. The summed E-state index contributed by atoms with van der Waals surface area (Å²) in [4.78, 5) is 23.2. The Bertz CT molecular complexity index is 1050. The van der Waals surface area contributed by atoms with Gasteiger partial charge >= 0.3 is 7.82 Å². The Kier molecular flexibility index (Phi) is 25.4. The molecule has 1 unspecified atom stereocenters. The molecule has 0 spiro atoms. The number of likely N-dealkylation sites (N-methyl/N-ethyl adjacent to an activating group) is 1. The summed E-state index contributed by atoms with van der Waals surface area (Å²) >= 11 is 0. The maximum Gasteiger partial charge on any atom is 0.472 e. The van der Waals surface area contributed by atoms with E-state index < -0.39 is 50.8 Å². The van der Waals surface area contributed by atoms with E-state index >= 15 is 0 Å². The highest BCUT2D eigenvalue weighted by Gasteiger charge is 2.39. The summed E-state index contributed by atoms with van der Waals surface area (Å²) in [5, 5.41) is 45.1. The topological polar surface area (TPSA) is 166 Å². The van der Waals surface area contributed by atoms with Gasteiger partial charge in [-0.25, -0.2) is 4.57 Å². The molecule has 1 fully saturated rings. The minimum Gasteiger partial charge on any atom is -0.393 e. The van der Waals surface area contributed by atoms with Crippen LogP contribution < -0.4 is 5.32 Å². The van der Waals surface area contributed by atoms with E-state index in [-0.39, 0.29) is 31.3 Å². The second-order valence-corrected chi connectivity index (χ2v) is 16.7. The molecule has 0 heterocycles. The van der Waals surface area contributed by atoms with Crippen molar-refractivity contribution in [1.82, 2.24) is 5.32 Å². The molecule has 51 heavy (non-hydrogen) atoms. The maximum absolute atomic E-state index is 12.9. The largest absolute Gasteiger partial charge is 0.472 e. The van der Waals surface area contributed by atoms with Gasteiger partial charge < -0.3 is 35.1 Å². The van der Waals surface area contributed by atoms with Gasteiger partial charge in [-0.3, -0.25) is 13.8 Å². The number of rotatable bonds is 30. The van der Waals surface area contributed by atoms with Crippen LogP contribution in [0.15, 0.2) is 36.5 Å².